The number of thioether (sulfide) groups is 1. The highest BCUT2D eigenvalue weighted by Gasteiger charge is 2.27. The highest BCUT2D eigenvalue weighted by molar-refractivity contribution is 8.18. The number of ether oxygens (including phenoxy) is 2. The van der Waals surface area contributed by atoms with Crippen molar-refractivity contribution in [3.63, 3.8) is 0 Å². The van der Waals surface area contributed by atoms with Crippen molar-refractivity contribution in [3.05, 3.63) is 34.5 Å². The molecule has 2 heterocycles. The zero-order valence-corrected chi connectivity index (χ0v) is 17.8. The van der Waals surface area contributed by atoms with Crippen molar-refractivity contribution >= 4 is 41.0 Å². The summed E-state index contributed by atoms with van der Waals surface area (Å²) in [7, 11) is 1.29. The fraction of sp³-hybridized carbons (Fsp3) is 0.400. The number of esters is 1. The quantitative estimate of drug-likeness (QED) is 0.386. The van der Waals surface area contributed by atoms with Gasteiger partial charge in [0.25, 0.3) is 5.91 Å². The number of benzene rings is 1. The van der Waals surface area contributed by atoms with Crippen LogP contribution in [0.5, 0.6) is 5.75 Å². The number of hydrogen-bond donors (Lipinski definition) is 2. The predicted molar refractivity (Wildman–Crippen MR) is 114 cm³/mol. The summed E-state index contributed by atoms with van der Waals surface area (Å²) >= 11 is 1.20. The second kappa shape index (κ2) is 10.9. The minimum Gasteiger partial charge on any atom is -0.469 e. The van der Waals surface area contributed by atoms with E-state index in [1.165, 1.54) is 37.1 Å². The monoisotopic (exact) mass is 450 g/mol. The molecule has 9 nitrogen and oxygen atoms in total. The predicted octanol–water partition coefficient (Wildman–Crippen LogP) is 2.44. The van der Waals surface area contributed by atoms with Crippen molar-refractivity contribution in [1.82, 2.24) is 15.8 Å². The second-order valence-corrected chi connectivity index (χ2v) is 7.76. The normalized spacial score (nSPS) is 17.5. The molecule has 11 heteroatoms. The number of amides is 2. The third-order valence-corrected chi connectivity index (χ3v) is 5.48. The van der Waals surface area contributed by atoms with Gasteiger partial charge in [-0.2, -0.15) is 4.99 Å². The number of nitrogens with zero attached hydrogens (tertiary/aromatic N) is 2. The van der Waals surface area contributed by atoms with Crippen molar-refractivity contribution < 1.29 is 28.2 Å². The van der Waals surface area contributed by atoms with E-state index in [0.29, 0.717) is 22.1 Å². The Hall–Kier alpha value is -2.92. The molecule has 1 fully saturated rings. The zero-order valence-electron chi connectivity index (χ0n) is 17.0. The van der Waals surface area contributed by atoms with Gasteiger partial charge in [-0.05, 0) is 49.2 Å². The molecule has 3 rings (SSSR count). The van der Waals surface area contributed by atoms with E-state index in [1.807, 2.05) is 5.01 Å². The van der Waals surface area contributed by atoms with Crippen LogP contribution in [0, 0.1) is 5.82 Å². The Balaban J connectivity index is 1.64. The number of rotatable bonds is 6. The van der Waals surface area contributed by atoms with Crippen molar-refractivity contribution in [2.45, 2.75) is 25.7 Å². The molecule has 0 unspecified atom stereocenters. The summed E-state index contributed by atoms with van der Waals surface area (Å²) in [5.41, 5.74) is 3.56. The van der Waals surface area contributed by atoms with Gasteiger partial charge in [0, 0.05) is 37.7 Å². The molecule has 2 aliphatic rings. The van der Waals surface area contributed by atoms with E-state index < -0.39 is 17.8 Å². The van der Waals surface area contributed by atoms with Crippen LogP contribution in [0.4, 0.5) is 9.18 Å². The van der Waals surface area contributed by atoms with E-state index in [1.54, 1.807) is 0 Å². The molecule has 0 aromatic heterocycles. The average molecular weight is 450 g/mol. The number of aliphatic imine (C=N–C) groups is 1. The number of amidine groups is 1. The first-order valence-electron chi connectivity index (χ1n) is 9.82. The zero-order chi connectivity index (χ0) is 22.2. The number of hydrogen-bond acceptors (Lipinski definition) is 8. The van der Waals surface area contributed by atoms with Crippen molar-refractivity contribution in [2.24, 2.45) is 4.99 Å². The number of hydrazine groups is 1. The van der Waals surface area contributed by atoms with Crippen LogP contribution in [0.2, 0.25) is 0 Å². The maximum absolute atomic E-state index is 13.7. The number of carbonyl (C=O) groups is 3. The lowest BCUT2D eigenvalue weighted by molar-refractivity contribution is -0.140. The highest BCUT2D eigenvalue weighted by atomic mass is 32.2. The van der Waals surface area contributed by atoms with Crippen LogP contribution in [-0.4, -0.2) is 54.9 Å². The fourth-order valence-corrected chi connectivity index (χ4v) is 3.79. The molecule has 0 bridgehead atoms. The summed E-state index contributed by atoms with van der Waals surface area (Å²) in [6, 6.07) is 3.71. The molecular weight excluding hydrogens is 427 g/mol. The Bertz CT molecular complexity index is 915. The van der Waals surface area contributed by atoms with Gasteiger partial charge >= 0.3 is 12.1 Å². The van der Waals surface area contributed by atoms with Crippen LogP contribution in [0.15, 0.2) is 28.1 Å². The number of carbonyl (C=O) groups excluding carboxylic acids is 3. The molecule has 0 spiro atoms. The molecule has 0 atom stereocenters. The molecule has 1 aromatic carbocycles. The van der Waals surface area contributed by atoms with Crippen LogP contribution >= 0.6 is 11.8 Å². The Morgan fingerprint density at radius 2 is 2.23 bits per heavy atom. The standard InChI is InChI=1S/C20H23FN4O5S/c1-29-17(26)5-4-8-22-20(28)30-15-12-14(21)7-6-13(15)11-16-18(27)24-19(31-16)25-10-3-2-9-23-25/h6-7,11-12,23H,2-5,8-10H2,1H3,(H,22,28). The average Bonchev–Trinajstić information content (AvgIpc) is 3.14. The summed E-state index contributed by atoms with van der Waals surface area (Å²) in [4.78, 5) is 39.9. The summed E-state index contributed by atoms with van der Waals surface area (Å²) in [6.07, 6.45) is 3.32. The van der Waals surface area contributed by atoms with E-state index in [-0.39, 0.29) is 24.7 Å². The minimum atomic E-state index is -0.796. The first kappa shape index (κ1) is 22.8. The summed E-state index contributed by atoms with van der Waals surface area (Å²) < 4.78 is 23.5. The molecule has 2 amide bonds. The summed E-state index contributed by atoms with van der Waals surface area (Å²) in [6.45, 7) is 1.76. The Morgan fingerprint density at radius 3 is 2.97 bits per heavy atom. The number of halogens is 1. The first-order chi connectivity index (χ1) is 15.0. The van der Waals surface area contributed by atoms with E-state index in [2.05, 4.69) is 20.5 Å². The van der Waals surface area contributed by atoms with Crippen LogP contribution < -0.4 is 15.5 Å². The van der Waals surface area contributed by atoms with E-state index in [0.717, 1.165) is 32.0 Å². The molecule has 166 valence electrons. The van der Waals surface area contributed by atoms with Gasteiger partial charge in [-0.3, -0.25) is 14.6 Å². The van der Waals surface area contributed by atoms with E-state index in [4.69, 9.17) is 4.74 Å². The first-order valence-corrected chi connectivity index (χ1v) is 10.6. The molecule has 1 aromatic rings. The third-order valence-electron chi connectivity index (χ3n) is 4.47. The van der Waals surface area contributed by atoms with Crippen LogP contribution in [0.25, 0.3) is 6.08 Å². The molecule has 0 radical (unpaired) electrons. The van der Waals surface area contributed by atoms with Crippen molar-refractivity contribution in [1.29, 1.82) is 0 Å². The SMILES string of the molecule is COC(=O)CCCNC(=O)Oc1cc(F)ccc1C=C1SC(N2CCCCN2)=NC1=O. The molecule has 0 saturated carbocycles. The van der Waals surface area contributed by atoms with Gasteiger partial charge in [-0.1, -0.05) is 0 Å². The molecule has 2 N–H and O–H groups in total. The fourth-order valence-electron chi connectivity index (χ4n) is 2.88. The molecule has 1 saturated heterocycles. The van der Waals surface area contributed by atoms with Crippen molar-refractivity contribution in [2.75, 3.05) is 26.7 Å². The van der Waals surface area contributed by atoms with Gasteiger partial charge in [0.05, 0.1) is 12.0 Å². The molecule has 2 aliphatic heterocycles. The Labute approximate surface area is 183 Å². The molecular formula is C20H23FN4O5S. The molecule has 31 heavy (non-hydrogen) atoms. The van der Waals surface area contributed by atoms with Gasteiger partial charge in [0.15, 0.2) is 5.17 Å². The molecule has 0 aliphatic carbocycles. The highest BCUT2D eigenvalue weighted by Crippen LogP contribution is 2.32. The van der Waals surface area contributed by atoms with Gasteiger partial charge in [-0.25, -0.2) is 14.6 Å². The van der Waals surface area contributed by atoms with Gasteiger partial charge in [0.2, 0.25) is 0 Å². The minimum absolute atomic E-state index is 0.0316. The number of methoxy groups -OCH3 is 1. The Kier molecular flexibility index (Phi) is 8.01. The van der Waals surface area contributed by atoms with Gasteiger partial charge < -0.3 is 14.8 Å². The van der Waals surface area contributed by atoms with E-state index in [9.17, 15) is 18.8 Å². The van der Waals surface area contributed by atoms with Gasteiger partial charge in [-0.15, -0.1) is 0 Å². The Morgan fingerprint density at radius 1 is 1.39 bits per heavy atom. The smallest absolute Gasteiger partial charge is 0.412 e. The van der Waals surface area contributed by atoms with Crippen LogP contribution in [0.1, 0.15) is 31.2 Å². The van der Waals surface area contributed by atoms with Crippen molar-refractivity contribution in [3.8, 4) is 5.75 Å². The number of nitrogens with one attached hydrogen (secondary N) is 2. The topological polar surface area (TPSA) is 109 Å². The maximum atomic E-state index is 13.7. The van der Waals surface area contributed by atoms with E-state index >= 15 is 0 Å². The summed E-state index contributed by atoms with van der Waals surface area (Å²) in [5.74, 6) is -1.41. The lowest BCUT2D eigenvalue weighted by Gasteiger charge is -2.28. The van der Waals surface area contributed by atoms with Gasteiger partial charge in [0.1, 0.15) is 11.6 Å². The largest absolute Gasteiger partial charge is 0.469 e. The third kappa shape index (κ3) is 6.53. The lowest BCUT2D eigenvalue weighted by Crippen LogP contribution is -2.45. The van der Waals surface area contributed by atoms with Crippen LogP contribution in [-0.2, 0) is 14.3 Å². The summed E-state index contributed by atoms with van der Waals surface area (Å²) in [5, 5.41) is 4.89. The maximum Gasteiger partial charge on any atom is 0.412 e. The second-order valence-electron chi connectivity index (χ2n) is 6.76. The lowest BCUT2D eigenvalue weighted by atomic mass is 10.2. The van der Waals surface area contributed by atoms with Crippen LogP contribution in [0.3, 0.4) is 0 Å².